The second-order valence-corrected chi connectivity index (χ2v) is 5.62. The minimum atomic E-state index is 0.528. The number of rotatable bonds is 7. The van der Waals surface area contributed by atoms with Crippen LogP contribution in [0.4, 0.5) is 0 Å². The first-order valence-electron chi connectivity index (χ1n) is 8.07. The first kappa shape index (κ1) is 15.2. The highest BCUT2D eigenvalue weighted by Gasteiger charge is 2.11. The van der Waals surface area contributed by atoms with Crippen molar-refractivity contribution in [2.45, 2.75) is 31.7 Å². The highest BCUT2D eigenvalue weighted by atomic mass is 16.5. The van der Waals surface area contributed by atoms with Gasteiger partial charge in [-0.15, -0.1) is 0 Å². The Labute approximate surface area is 131 Å². The number of nitrogens with one attached hydrogen (secondary N) is 1. The van der Waals surface area contributed by atoms with Crippen LogP contribution >= 0.6 is 0 Å². The van der Waals surface area contributed by atoms with Crippen molar-refractivity contribution in [3.63, 3.8) is 0 Å². The van der Waals surface area contributed by atoms with Crippen LogP contribution < -0.4 is 10.1 Å². The van der Waals surface area contributed by atoms with E-state index in [1.165, 1.54) is 19.3 Å². The van der Waals surface area contributed by atoms with Gasteiger partial charge in [0.25, 0.3) is 0 Å². The molecule has 0 aliphatic carbocycles. The van der Waals surface area contributed by atoms with Gasteiger partial charge in [0.1, 0.15) is 6.33 Å². The fraction of sp³-hybridized carbons (Fsp3) is 0.529. The number of unbranched alkanes of at least 4 members (excludes halogenated alkanes) is 2. The lowest BCUT2D eigenvalue weighted by Gasteiger charge is -2.23. The lowest BCUT2D eigenvalue weighted by molar-refractivity contribution is 0.0732. The van der Waals surface area contributed by atoms with Crippen molar-refractivity contribution in [1.29, 1.82) is 0 Å². The van der Waals surface area contributed by atoms with E-state index in [1.807, 2.05) is 24.3 Å². The van der Waals surface area contributed by atoms with E-state index in [9.17, 15) is 0 Å². The molecule has 0 amide bonds. The van der Waals surface area contributed by atoms with Gasteiger partial charge < -0.3 is 14.8 Å². The Kier molecular flexibility index (Phi) is 5.56. The van der Waals surface area contributed by atoms with E-state index >= 15 is 0 Å². The van der Waals surface area contributed by atoms with Crippen LogP contribution in [0.15, 0.2) is 30.6 Å². The van der Waals surface area contributed by atoms with Crippen molar-refractivity contribution in [2.24, 2.45) is 0 Å². The Morgan fingerprint density at radius 2 is 2.14 bits per heavy atom. The highest BCUT2D eigenvalue weighted by molar-refractivity contribution is 5.82. The van der Waals surface area contributed by atoms with E-state index in [0.29, 0.717) is 18.5 Å². The van der Waals surface area contributed by atoms with Crippen molar-refractivity contribution >= 4 is 10.9 Å². The number of morpholine rings is 1. The summed E-state index contributed by atoms with van der Waals surface area (Å²) in [6.45, 7) is 3.38. The zero-order valence-electron chi connectivity index (χ0n) is 12.8. The molecule has 1 N–H and O–H groups in total. The van der Waals surface area contributed by atoms with E-state index < -0.39 is 0 Å². The molecule has 0 radical (unpaired) electrons. The number of fused-ring (bicyclic) bond motifs is 1. The van der Waals surface area contributed by atoms with E-state index in [-0.39, 0.29) is 0 Å². The van der Waals surface area contributed by atoms with Crippen LogP contribution in [0.1, 0.15) is 25.7 Å². The summed E-state index contributed by atoms with van der Waals surface area (Å²) in [6.07, 6.45) is 6.16. The van der Waals surface area contributed by atoms with Gasteiger partial charge in [0.15, 0.2) is 0 Å². The fourth-order valence-electron chi connectivity index (χ4n) is 2.74. The Bertz CT molecular complexity index is 580. The second-order valence-electron chi connectivity index (χ2n) is 5.62. The monoisotopic (exact) mass is 301 g/mol. The largest absolute Gasteiger partial charge is 0.477 e. The Morgan fingerprint density at radius 1 is 1.18 bits per heavy atom. The van der Waals surface area contributed by atoms with E-state index in [1.54, 1.807) is 6.33 Å². The van der Waals surface area contributed by atoms with E-state index in [4.69, 9.17) is 9.47 Å². The van der Waals surface area contributed by atoms with Gasteiger partial charge >= 0.3 is 0 Å². The molecular weight excluding hydrogens is 278 g/mol. The van der Waals surface area contributed by atoms with E-state index in [2.05, 4.69) is 15.3 Å². The molecule has 1 atom stereocenters. The fourth-order valence-corrected chi connectivity index (χ4v) is 2.74. The van der Waals surface area contributed by atoms with Crippen LogP contribution in [0.5, 0.6) is 5.88 Å². The predicted octanol–water partition coefficient (Wildman–Crippen LogP) is 2.56. The van der Waals surface area contributed by atoms with Crippen LogP contribution in [0.25, 0.3) is 10.9 Å². The topological polar surface area (TPSA) is 56.3 Å². The molecule has 5 heteroatoms. The van der Waals surface area contributed by atoms with Crippen molar-refractivity contribution in [1.82, 2.24) is 15.3 Å². The van der Waals surface area contributed by atoms with Crippen LogP contribution in [-0.2, 0) is 4.74 Å². The van der Waals surface area contributed by atoms with Gasteiger partial charge in [0, 0.05) is 12.6 Å². The summed E-state index contributed by atoms with van der Waals surface area (Å²) in [5.41, 5.74) is 0.927. The molecular formula is C17H23N3O2. The molecule has 118 valence electrons. The molecule has 2 aromatic rings. The average molecular weight is 301 g/mol. The first-order chi connectivity index (χ1) is 10.9. The molecule has 1 saturated heterocycles. The lowest BCUT2D eigenvalue weighted by Crippen LogP contribution is -2.41. The van der Waals surface area contributed by atoms with Crippen molar-refractivity contribution in [3.8, 4) is 5.88 Å². The third-order valence-corrected chi connectivity index (χ3v) is 3.94. The quantitative estimate of drug-likeness (QED) is 0.797. The molecule has 0 saturated carbocycles. The maximum atomic E-state index is 5.82. The van der Waals surface area contributed by atoms with Gasteiger partial charge in [0.05, 0.1) is 30.7 Å². The lowest BCUT2D eigenvalue weighted by atomic mass is 10.1. The molecule has 1 aromatic carbocycles. The highest BCUT2D eigenvalue weighted by Crippen LogP contribution is 2.20. The first-order valence-corrected chi connectivity index (χ1v) is 8.07. The van der Waals surface area contributed by atoms with Crippen molar-refractivity contribution in [3.05, 3.63) is 30.6 Å². The Hall–Kier alpha value is -1.72. The Balaban J connectivity index is 1.37. The minimum Gasteiger partial charge on any atom is -0.477 e. The number of para-hydroxylation sites is 1. The number of benzene rings is 1. The standard InChI is InChI=1S/C17H23N3O2/c1(2-6-14-12-21-11-9-18-14)5-10-22-17-15-7-3-4-8-16(15)19-13-20-17/h3-4,7-8,13-14,18H,1-2,5-6,9-12H2. The van der Waals surface area contributed by atoms with Crippen molar-refractivity contribution < 1.29 is 9.47 Å². The number of ether oxygens (including phenoxy) is 2. The molecule has 2 heterocycles. The Morgan fingerprint density at radius 3 is 3.05 bits per heavy atom. The van der Waals surface area contributed by atoms with Gasteiger partial charge in [-0.2, -0.15) is 0 Å². The van der Waals surface area contributed by atoms with Gasteiger partial charge in [-0.05, 0) is 25.0 Å². The molecule has 3 rings (SSSR count). The second kappa shape index (κ2) is 8.06. The zero-order chi connectivity index (χ0) is 15.0. The third-order valence-electron chi connectivity index (χ3n) is 3.94. The normalized spacial score (nSPS) is 18.5. The third kappa shape index (κ3) is 4.15. The van der Waals surface area contributed by atoms with Gasteiger partial charge in [0.2, 0.25) is 5.88 Å². The van der Waals surface area contributed by atoms with Crippen molar-refractivity contribution in [2.75, 3.05) is 26.4 Å². The predicted molar refractivity (Wildman–Crippen MR) is 86.1 cm³/mol. The molecule has 22 heavy (non-hydrogen) atoms. The van der Waals surface area contributed by atoms with Crippen LogP contribution in [-0.4, -0.2) is 42.4 Å². The molecule has 1 aliphatic rings. The summed E-state index contributed by atoms with van der Waals surface area (Å²) in [5, 5.41) is 4.46. The molecule has 1 aromatic heterocycles. The van der Waals surface area contributed by atoms with Crippen LogP contribution in [0, 0.1) is 0 Å². The molecule has 0 bridgehead atoms. The van der Waals surface area contributed by atoms with E-state index in [0.717, 1.165) is 37.1 Å². The zero-order valence-corrected chi connectivity index (χ0v) is 12.8. The van der Waals surface area contributed by atoms with Gasteiger partial charge in [-0.25, -0.2) is 9.97 Å². The molecule has 1 aliphatic heterocycles. The summed E-state index contributed by atoms with van der Waals surface area (Å²) in [6, 6.07) is 8.46. The number of hydrogen-bond acceptors (Lipinski definition) is 5. The summed E-state index contributed by atoms with van der Waals surface area (Å²) in [5.74, 6) is 0.688. The van der Waals surface area contributed by atoms with Crippen LogP contribution in [0.2, 0.25) is 0 Å². The molecule has 1 fully saturated rings. The number of hydrogen-bond donors (Lipinski definition) is 1. The average Bonchev–Trinajstić information content (AvgIpc) is 2.59. The minimum absolute atomic E-state index is 0.528. The maximum absolute atomic E-state index is 5.82. The summed E-state index contributed by atoms with van der Waals surface area (Å²) >= 11 is 0. The number of nitrogens with zero attached hydrogens (tertiary/aromatic N) is 2. The molecule has 0 spiro atoms. The smallest absolute Gasteiger partial charge is 0.224 e. The van der Waals surface area contributed by atoms with Crippen LogP contribution in [0.3, 0.4) is 0 Å². The molecule has 1 unspecified atom stereocenters. The van der Waals surface area contributed by atoms with Gasteiger partial charge in [-0.3, -0.25) is 0 Å². The van der Waals surface area contributed by atoms with Gasteiger partial charge in [-0.1, -0.05) is 25.0 Å². The maximum Gasteiger partial charge on any atom is 0.224 e. The molecule has 5 nitrogen and oxygen atoms in total. The number of aromatic nitrogens is 2. The summed E-state index contributed by atoms with van der Waals surface area (Å²) < 4.78 is 11.3. The SMILES string of the molecule is c1ccc2c(OCCCCCC3COCCN3)ncnc2c1. The summed E-state index contributed by atoms with van der Waals surface area (Å²) in [4.78, 5) is 8.48. The summed E-state index contributed by atoms with van der Waals surface area (Å²) in [7, 11) is 0.